The van der Waals surface area contributed by atoms with Gasteiger partial charge in [0, 0.05) is 18.1 Å². The number of carbonyl (C=O) groups excluding carboxylic acids is 1. The average Bonchev–Trinajstić information content (AvgIpc) is 3.26. The first kappa shape index (κ1) is 23.9. The Morgan fingerprint density at radius 1 is 1.12 bits per heavy atom. The zero-order valence-electron chi connectivity index (χ0n) is 20.6. The lowest BCUT2D eigenvalue weighted by atomic mass is 9.79. The molecule has 1 aromatic heterocycles. The van der Waals surface area contributed by atoms with E-state index in [0.29, 0.717) is 17.6 Å². The summed E-state index contributed by atoms with van der Waals surface area (Å²) in [6, 6.07) is 8.70. The van der Waals surface area contributed by atoms with Crippen molar-refractivity contribution in [3.8, 4) is 0 Å². The highest BCUT2D eigenvalue weighted by atomic mass is 16.5. The molecule has 0 unspecified atom stereocenters. The lowest BCUT2D eigenvalue weighted by Crippen LogP contribution is -2.43. The monoisotopic (exact) mass is 453 g/mol. The Hall–Kier alpha value is -2.21. The van der Waals surface area contributed by atoms with Crippen LogP contribution in [0.15, 0.2) is 29.1 Å². The number of nitrogens with zero attached hydrogens (tertiary/aromatic N) is 3. The van der Waals surface area contributed by atoms with Crippen LogP contribution in [0.5, 0.6) is 0 Å². The number of hydrogen-bond acceptors (Lipinski definition) is 5. The SMILES string of the molecule is CCOC(=O)c1nc2ccccc2n([C@@H](C)C[C@@H]2CCCN2[C@H]2CC[C@H](C(C)C)CC2)c1=O. The minimum absolute atomic E-state index is 0.0313. The van der Waals surface area contributed by atoms with Crippen LogP contribution in [-0.4, -0.2) is 45.7 Å². The van der Waals surface area contributed by atoms with Gasteiger partial charge in [0.2, 0.25) is 5.69 Å². The fourth-order valence-corrected chi connectivity index (χ4v) is 6.12. The topological polar surface area (TPSA) is 64.4 Å². The quantitative estimate of drug-likeness (QED) is 0.539. The molecule has 1 saturated heterocycles. The van der Waals surface area contributed by atoms with Crippen LogP contribution in [-0.2, 0) is 4.74 Å². The Labute approximate surface area is 197 Å². The van der Waals surface area contributed by atoms with E-state index in [9.17, 15) is 9.59 Å². The maximum atomic E-state index is 13.4. The molecule has 33 heavy (non-hydrogen) atoms. The Morgan fingerprint density at radius 3 is 2.55 bits per heavy atom. The molecule has 1 saturated carbocycles. The molecule has 6 heteroatoms. The Balaban J connectivity index is 1.57. The molecule has 180 valence electrons. The van der Waals surface area contributed by atoms with Crippen LogP contribution in [0.4, 0.5) is 0 Å². The molecule has 1 aromatic carbocycles. The van der Waals surface area contributed by atoms with Gasteiger partial charge in [-0.1, -0.05) is 26.0 Å². The molecule has 4 rings (SSSR count). The Morgan fingerprint density at radius 2 is 1.85 bits per heavy atom. The van der Waals surface area contributed by atoms with Crippen molar-refractivity contribution < 1.29 is 9.53 Å². The largest absolute Gasteiger partial charge is 0.461 e. The minimum atomic E-state index is -0.640. The molecule has 6 nitrogen and oxygen atoms in total. The predicted octanol–water partition coefficient (Wildman–Crippen LogP) is 5.20. The molecule has 1 aliphatic carbocycles. The fourth-order valence-electron chi connectivity index (χ4n) is 6.12. The summed E-state index contributed by atoms with van der Waals surface area (Å²) in [4.78, 5) is 32.9. The van der Waals surface area contributed by atoms with Crippen molar-refractivity contribution in [2.45, 2.75) is 90.8 Å². The van der Waals surface area contributed by atoms with Crippen LogP contribution in [0.3, 0.4) is 0 Å². The van der Waals surface area contributed by atoms with Gasteiger partial charge in [-0.05, 0) is 89.3 Å². The number of benzene rings is 1. The normalized spacial score (nSPS) is 24.9. The number of esters is 1. The molecule has 2 fully saturated rings. The van der Waals surface area contributed by atoms with Crippen LogP contribution >= 0.6 is 0 Å². The van der Waals surface area contributed by atoms with E-state index in [-0.39, 0.29) is 23.9 Å². The molecule has 2 heterocycles. The lowest BCUT2D eigenvalue weighted by Gasteiger charge is -2.39. The van der Waals surface area contributed by atoms with Gasteiger partial charge in [0.15, 0.2) is 0 Å². The van der Waals surface area contributed by atoms with Crippen molar-refractivity contribution in [2.24, 2.45) is 11.8 Å². The van der Waals surface area contributed by atoms with Gasteiger partial charge in [0.25, 0.3) is 5.56 Å². The second-order valence-corrected chi connectivity index (χ2v) is 10.3. The van der Waals surface area contributed by atoms with Gasteiger partial charge in [-0.15, -0.1) is 0 Å². The number of likely N-dealkylation sites (tertiary alicyclic amines) is 1. The van der Waals surface area contributed by atoms with E-state index in [1.165, 1.54) is 38.5 Å². The van der Waals surface area contributed by atoms with Gasteiger partial charge in [0.05, 0.1) is 17.6 Å². The first-order chi connectivity index (χ1) is 15.9. The second-order valence-electron chi connectivity index (χ2n) is 10.3. The highest BCUT2D eigenvalue weighted by Gasteiger charge is 2.35. The number of rotatable bonds is 7. The third kappa shape index (κ3) is 5.01. The standard InChI is InChI=1S/C27H39N3O3/c1-5-33-27(32)25-26(31)30(24-11-7-6-10-23(24)28-25)19(4)17-22-9-8-16-29(22)21-14-12-20(13-15-21)18(2)3/h6-7,10-11,18-22H,5,8-9,12-17H2,1-4H3/t19-,20-,21-,22-/m0/s1. The van der Waals surface area contributed by atoms with Crippen molar-refractivity contribution in [3.05, 3.63) is 40.3 Å². The highest BCUT2D eigenvalue weighted by Crippen LogP contribution is 2.36. The summed E-state index contributed by atoms with van der Waals surface area (Å²) in [6.07, 6.45) is 8.55. The molecule has 0 N–H and O–H groups in total. The Bertz CT molecular complexity index is 1020. The van der Waals surface area contributed by atoms with Crippen molar-refractivity contribution in [1.82, 2.24) is 14.5 Å². The number of carbonyl (C=O) groups is 1. The molecular weight excluding hydrogens is 414 g/mol. The summed E-state index contributed by atoms with van der Waals surface area (Å²) < 4.78 is 6.90. The lowest BCUT2D eigenvalue weighted by molar-refractivity contribution is 0.0516. The van der Waals surface area contributed by atoms with Crippen LogP contribution in [0.1, 0.15) is 89.2 Å². The van der Waals surface area contributed by atoms with Gasteiger partial charge in [0.1, 0.15) is 0 Å². The average molecular weight is 454 g/mol. The zero-order valence-corrected chi connectivity index (χ0v) is 20.6. The molecule has 0 amide bonds. The number of hydrogen-bond donors (Lipinski definition) is 0. The number of aromatic nitrogens is 2. The van der Waals surface area contributed by atoms with Gasteiger partial charge in [-0.3, -0.25) is 9.69 Å². The fraction of sp³-hybridized carbons (Fsp3) is 0.667. The van der Waals surface area contributed by atoms with Crippen molar-refractivity contribution in [1.29, 1.82) is 0 Å². The van der Waals surface area contributed by atoms with E-state index in [2.05, 4.69) is 30.7 Å². The molecule has 2 atom stereocenters. The van der Waals surface area contributed by atoms with E-state index in [1.54, 1.807) is 11.5 Å². The van der Waals surface area contributed by atoms with Gasteiger partial charge in [-0.25, -0.2) is 9.78 Å². The summed E-state index contributed by atoms with van der Waals surface area (Å²) >= 11 is 0. The van der Waals surface area contributed by atoms with Crippen LogP contribution in [0.25, 0.3) is 11.0 Å². The van der Waals surface area contributed by atoms with Crippen LogP contribution in [0, 0.1) is 11.8 Å². The summed E-state index contributed by atoms with van der Waals surface area (Å²) in [7, 11) is 0. The van der Waals surface area contributed by atoms with Crippen molar-refractivity contribution in [3.63, 3.8) is 0 Å². The maximum absolute atomic E-state index is 13.4. The smallest absolute Gasteiger partial charge is 0.362 e. The summed E-state index contributed by atoms with van der Waals surface area (Å²) in [5.41, 5.74) is 0.978. The van der Waals surface area contributed by atoms with Crippen LogP contribution in [0.2, 0.25) is 0 Å². The molecule has 2 aliphatic rings. The zero-order chi connectivity index (χ0) is 23.5. The second kappa shape index (κ2) is 10.4. The van der Waals surface area contributed by atoms with Crippen molar-refractivity contribution in [2.75, 3.05) is 13.2 Å². The molecule has 0 radical (unpaired) electrons. The molecular formula is C27H39N3O3. The molecule has 0 bridgehead atoms. The molecule has 2 aromatic rings. The third-order valence-corrected chi connectivity index (χ3v) is 7.89. The molecule has 0 spiro atoms. The first-order valence-electron chi connectivity index (χ1n) is 12.8. The predicted molar refractivity (Wildman–Crippen MR) is 132 cm³/mol. The summed E-state index contributed by atoms with van der Waals surface area (Å²) in [5.74, 6) is 1.00. The number of ether oxygens (including phenoxy) is 1. The number of para-hydroxylation sites is 2. The van der Waals surface area contributed by atoms with E-state index in [1.807, 2.05) is 24.3 Å². The van der Waals surface area contributed by atoms with Crippen LogP contribution < -0.4 is 5.56 Å². The van der Waals surface area contributed by atoms with E-state index in [0.717, 1.165) is 30.3 Å². The van der Waals surface area contributed by atoms with Gasteiger partial charge in [-0.2, -0.15) is 0 Å². The van der Waals surface area contributed by atoms with Gasteiger partial charge >= 0.3 is 5.97 Å². The summed E-state index contributed by atoms with van der Waals surface area (Å²) in [5, 5.41) is 0. The number of fused-ring (bicyclic) bond motifs is 1. The van der Waals surface area contributed by atoms with Gasteiger partial charge < -0.3 is 9.30 Å². The maximum Gasteiger partial charge on any atom is 0.362 e. The molecule has 1 aliphatic heterocycles. The Kier molecular flexibility index (Phi) is 7.52. The first-order valence-corrected chi connectivity index (χ1v) is 12.8. The van der Waals surface area contributed by atoms with E-state index < -0.39 is 5.97 Å². The summed E-state index contributed by atoms with van der Waals surface area (Å²) in [6.45, 7) is 9.94. The van der Waals surface area contributed by atoms with E-state index in [4.69, 9.17) is 4.74 Å². The minimum Gasteiger partial charge on any atom is -0.461 e. The highest BCUT2D eigenvalue weighted by molar-refractivity contribution is 5.89. The third-order valence-electron chi connectivity index (χ3n) is 7.89. The van der Waals surface area contributed by atoms with E-state index >= 15 is 0 Å². The van der Waals surface area contributed by atoms with Crippen molar-refractivity contribution >= 4 is 17.0 Å².